The molecule has 5 heteroatoms. The summed E-state index contributed by atoms with van der Waals surface area (Å²) >= 11 is 8.26. The van der Waals surface area contributed by atoms with Crippen molar-refractivity contribution in [2.45, 2.75) is 0 Å². The Balaban J connectivity index is -0.0000000450. The van der Waals surface area contributed by atoms with E-state index < -0.39 is 0 Å². The maximum atomic E-state index is 4.66. The smallest absolute Gasteiger partial charge is 0.415 e. The van der Waals surface area contributed by atoms with Crippen molar-refractivity contribution in [3.63, 3.8) is 0 Å². The van der Waals surface area contributed by atoms with Gasteiger partial charge in [0.25, 0.3) is 0 Å². The second-order valence-corrected chi connectivity index (χ2v) is 1.46. The van der Waals surface area contributed by atoms with E-state index >= 15 is 0 Å². The molecule has 0 amide bonds. The predicted molar refractivity (Wildman–Crippen MR) is 35.3 cm³/mol. The Morgan fingerprint density at radius 3 is 1.67 bits per heavy atom. The fraction of sp³-hybridized carbons (Fsp3) is 0. The topological polar surface area (TPSA) is 26.0 Å². The van der Waals surface area contributed by atoms with Gasteiger partial charge in [0.05, 0.1) is 0 Å². The minimum atomic E-state index is 0. The van der Waals surface area contributed by atoms with Gasteiger partial charge in [0.2, 0.25) is 0 Å². The normalized spacial score (nSPS) is 4.00. The first-order valence-corrected chi connectivity index (χ1v) is 1.51. The molecule has 0 saturated carbocycles. The van der Waals surface area contributed by atoms with Crippen molar-refractivity contribution in [3.05, 3.63) is 0 Å². The van der Waals surface area contributed by atoms with E-state index in [1.807, 2.05) is 0 Å². The second kappa shape index (κ2) is 9.56. The van der Waals surface area contributed by atoms with Crippen LogP contribution in [0.25, 0.3) is 0 Å². The molecule has 6 heavy (non-hydrogen) atoms. The molecular weight excluding hydrogens is 318 g/mol. The van der Waals surface area contributed by atoms with Gasteiger partial charge in [0, 0.05) is 0 Å². The average Bonchev–Trinajstić information content (AvgIpc) is 0.811. The van der Waals surface area contributed by atoms with Gasteiger partial charge in [-0.3, -0.25) is 0 Å². The van der Waals surface area contributed by atoms with Gasteiger partial charge in [-0.2, -0.15) is 9.90 Å². The summed E-state index contributed by atoms with van der Waals surface area (Å²) in [6.45, 7) is 0. The minimum absolute atomic E-state index is 0. The Morgan fingerprint density at radius 2 is 1.67 bits per heavy atom. The molecule has 2 N–H and O–H groups in total. The molecule has 0 aliphatic rings. The number of thiocarbonyl (C=S) groups is 1. The van der Waals surface area contributed by atoms with Gasteiger partial charge in [0.1, 0.15) is 0 Å². The van der Waals surface area contributed by atoms with Crippen LogP contribution in [0.15, 0.2) is 0 Å². The molecule has 0 aromatic carbocycles. The number of nitrogens with two attached hydrogens (primary N) is 1. The van der Waals surface area contributed by atoms with Crippen molar-refractivity contribution in [3.8, 4) is 0 Å². The van der Waals surface area contributed by atoms with Crippen LogP contribution >= 0.6 is 22.1 Å². The summed E-state index contributed by atoms with van der Waals surface area (Å²) in [6.07, 6.45) is 0. The van der Waals surface area contributed by atoms with Crippen molar-refractivity contribution in [1.29, 1.82) is 0 Å². The van der Waals surface area contributed by atoms with E-state index in [1.165, 1.54) is 0 Å². The van der Waals surface area contributed by atoms with Gasteiger partial charge < -0.3 is 30.6 Å². The fourth-order valence-electron chi connectivity index (χ4n) is 0. The Bertz CT molecular complexity index is 36.5. The van der Waals surface area contributed by atoms with Crippen LogP contribution in [0.5, 0.6) is 0 Å². The van der Waals surface area contributed by atoms with Gasteiger partial charge in [-0.05, 0) is 0 Å². The van der Waals surface area contributed by atoms with Crippen molar-refractivity contribution in [2.75, 3.05) is 0 Å². The van der Waals surface area contributed by atoms with Crippen LogP contribution in [0.1, 0.15) is 0 Å². The van der Waals surface area contributed by atoms with Crippen molar-refractivity contribution < 1.29 is 22.4 Å². The number of hydrogen-bond acceptors (Lipinski definition) is 2. The fourth-order valence-corrected chi connectivity index (χ4v) is 0. The van der Waals surface area contributed by atoms with Crippen LogP contribution in [0.4, 0.5) is 0 Å². The molecule has 1 unspecified atom stereocenters. The first kappa shape index (κ1) is 15.7. The minimum Gasteiger partial charge on any atom is -0.415 e. The second-order valence-electron chi connectivity index (χ2n) is 0.319. The zero-order valence-corrected chi connectivity index (χ0v) is 8.12. The van der Waals surface area contributed by atoms with Crippen molar-refractivity contribution >= 4 is 39.1 Å². The molecule has 0 aliphatic carbocycles. The monoisotopic (exact) mass is 323 g/mol. The number of rotatable bonds is 0. The third-order valence-corrected chi connectivity index (χ3v) is 0. The molecule has 0 aromatic heterocycles. The third-order valence-electron chi connectivity index (χ3n) is 0. The van der Waals surface area contributed by atoms with Gasteiger partial charge in [-0.15, -0.1) is 0 Å². The van der Waals surface area contributed by atoms with E-state index in [-0.39, 0.29) is 36.6 Å². The Morgan fingerprint density at radius 1 is 1.67 bits per heavy atom. The van der Waals surface area contributed by atoms with E-state index in [9.17, 15) is 0 Å². The molecular formula is CH5AuNPS2. The molecule has 1 atom stereocenters. The van der Waals surface area contributed by atoms with Crippen molar-refractivity contribution in [1.82, 2.24) is 0 Å². The largest absolute Gasteiger partial charge is 1.00 e. The zero-order chi connectivity index (χ0) is 3.58. The first-order valence-electron chi connectivity index (χ1n) is 0.697. The zero-order valence-electron chi connectivity index (χ0n) is 2.90. The molecule has 0 fully saturated rings. The van der Waals surface area contributed by atoms with Crippen LogP contribution in [0.3, 0.4) is 0 Å². The summed E-state index contributed by atoms with van der Waals surface area (Å²) < 4.78 is 0.0833. The maximum absolute atomic E-state index is 4.66. The maximum Gasteiger partial charge on any atom is 1.00 e. The van der Waals surface area contributed by atoms with Gasteiger partial charge in [-0.1, -0.05) is 4.32 Å². The van der Waals surface area contributed by atoms with E-state index in [0.29, 0.717) is 0 Å². The molecule has 0 saturated heterocycles. The van der Waals surface area contributed by atoms with E-state index in [0.717, 1.165) is 0 Å². The molecule has 0 heterocycles. The quantitative estimate of drug-likeness (QED) is 0.290. The van der Waals surface area contributed by atoms with Crippen LogP contribution in [0.2, 0.25) is 0 Å². The summed E-state index contributed by atoms with van der Waals surface area (Å²) in [7, 11) is 0. The molecule has 0 radical (unpaired) electrons. The predicted octanol–water partition coefficient (Wildman–Crippen LogP) is -0.167. The van der Waals surface area contributed by atoms with E-state index in [2.05, 4.69) is 30.6 Å². The van der Waals surface area contributed by atoms with Gasteiger partial charge in [0.15, 0.2) is 0 Å². The van der Waals surface area contributed by atoms with Crippen LogP contribution in [-0.4, -0.2) is 4.32 Å². The van der Waals surface area contributed by atoms with E-state index in [1.54, 1.807) is 0 Å². The molecule has 0 bridgehead atoms. The Labute approximate surface area is 67.0 Å². The average molecular weight is 323 g/mol. The summed E-state index contributed by atoms with van der Waals surface area (Å²) in [5, 5.41) is 0. The summed E-state index contributed by atoms with van der Waals surface area (Å²) in [5.74, 6) is 0. The molecule has 42 valence electrons. The Hall–Kier alpha value is 1.28. The summed E-state index contributed by atoms with van der Waals surface area (Å²) in [6, 6.07) is 0. The van der Waals surface area contributed by atoms with Gasteiger partial charge >= 0.3 is 22.4 Å². The van der Waals surface area contributed by atoms with Crippen molar-refractivity contribution in [2.24, 2.45) is 5.73 Å². The van der Waals surface area contributed by atoms with Crippen LogP contribution in [0, 0.1) is 0 Å². The van der Waals surface area contributed by atoms with E-state index in [4.69, 9.17) is 0 Å². The third kappa shape index (κ3) is 59.0. The first-order chi connectivity index (χ1) is 1.73. The van der Waals surface area contributed by atoms with Gasteiger partial charge in [-0.25, -0.2) is 0 Å². The Kier molecular flexibility index (Phi) is 25.0. The SMILES string of the molecule is NC(=S)[S-].P.[Au+]. The molecule has 0 aliphatic heterocycles. The molecule has 0 rings (SSSR count). The standard InChI is InChI=1S/CH3NS2.Au.H3P/c2-1(3)4;;/h(H3,2,3,4);;1H3/q;+1;/p-1. The molecule has 0 aromatic rings. The molecule has 0 spiro atoms. The molecule has 1 nitrogen and oxygen atoms in total. The summed E-state index contributed by atoms with van der Waals surface area (Å²) in [4.78, 5) is 0. The number of hydrogen-bond donors (Lipinski definition) is 1. The summed E-state index contributed by atoms with van der Waals surface area (Å²) in [5.41, 5.74) is 4.66. The van der Waals surface area contributed by atoms with Crippen LogP contribution < -0.4 is 5.73 Å². The van der Waals surface area contributed by atoms with Crippen LogP contribution in [-0.2, 0) is 35.0 Å².